The molecule has 0 saturated heterocycles. The number of rotatable bonds is 1. The highest BCUT2D eigenvalue weighted by atomic mass is 35.5. The fraction of sp³-hybridized carbons (Fsp3) is 0. The van der Waals surface area contributed by atoms with Crippen molar-refractivity contribution in [2.75, 3.05) is 0 Å². The van der Waals surface area contributed by atoms with E-state index in [-0.39, 0.29) is 10.0 Å². The van der Waals surface area contributed by atoms with Gasteiger partial charge in [-0.3, -0.25) is 0 Å². The maximum absolute atomic E-state index is 10.7. The number of halogens is 4. The van der Waals surface area contributed by atoms with Crippen molar-refractivity contribution < 1.29 is 13.0 Å². The summed E-state index contributed by atoms with van der Waals surface area (Å²) in [5.41, 5.74) is 0. The van der Waals surface area contributed by atoms with Crippen LogP contribution in [0.3, 0.4) is 0 Å². The molecule has 0 N–H and O–H groups in total. The summed E-state index contributed by atoms with van der Waals surface area (Å²) in [4.78, 5) is -0.793. The molecule has 1 aromatic carbocycles. The minimum absolute atomic E-state index is 0.143. The molecule has 0 bridgehead atoms. The van der Waals surface area contributed by atoms with Gasteiger partial charge >= 0.3 is 0 Å². The standard InChI is InChI=1S/C6H2Cl4O3S/c7-2-1-3(8)5(10)6(4(2)9)14(11,12)13/h1H,(H,11,12,13)/p-1. The van der Waals surface area contributed by atoms with Gasteiger partial charge in [0.2, 0.25) is 0 Å². The molecule has 0 aliphatic heterocycles. The van der Waals surface area contributed by atoms with Crippen LogP contribution in [0, 0.1) is 0 Å². The summed E-state index contributed by atoms with van der Waals surface area (Å²) < 4.78 is 32.2. The minimum atomic E-state index is -4.79. The van der Waals surface area contributed by atoms with Crippen LogP contribution in [0.4, 0.5) is 0 Å². The number of benzene rings is 1. The predicted molar refractivity (Wildman–Crippen MR) is 54.4 cm³/mol. The normalized spacial score (nSPS) is 11.8. The third-order valence-electron chi connectivity index (χ3n) is 1.32. The SMILES string of the molecule is O=S(=O)([O-])c1c(Cl)c(Cl)cc(Cl)c1Cl. The first-order valence-electron chi connectivity index (χ1n) is 3.04. The molecule has 0 heterocycles. The van der Waals surface area contributed by atoms with Gasteiger partial charge in [0.25, 0.3) is 0 Å². The minimum Gasteiger partial charge on any atom is -0.744 e. The summed E-state index contributed by atoms with van der Waals surface area (Å²) >= 11 is 22.0. The second-order valence-electron chi connectivity index (χ2n) is 2.25. The highest BCUT2D eigenvalue weighted by Crippen LogP contribution is 2.39. The van der Waals surface area contributed by atoms with Gasteiger partial charge in [-0.15, -0.1) is 0 Å². The zero-order valence-corrected chi connectivity index (χ0v) is 10.1. The van der Waals surface area contributed by atoms with E-state index in [2.05, 4.69) is 0 Å². The first kappa shape index (κ1) is 12.4. The summed E-state index contributed by atoms with van der Waals surface area (Å²) in [7, 11) is -4.79. The summed E-state index contributed by atoms with van der Waals surface area (Å²) in [6.45, 7) is 0. The molecule has 0 aliphatic carbocycles. The molecule has 0 atom stereocenters. The lowest BCUT2D eigenvalue weighted by molar-refractivity contribution is 0.463. The topological polar surface area (TPSA) is 57.2 Å². The van der Waals surface area contributed by atoms with Crippen molar-refractivity contribution in [3.8, 4) is 0 Å². The highest BCUT2D eigenvalue weighted by Gasteiger charge is 2.18. The Hall–Kier alpha value is 0.290. The largest absolute Gasteiger partial charge is 0.744 e. The molecule has 1 rings (SSSR count). The second kappa shape index (κ2) is 4.04. The van der Waals surface area contributed by atoms with Gasteiger partial charge in [0, 0.05) is 0 Å². The molecule has 0 aliphatic rings. The van der Waals surface area contributed by atoms with Crippen molar-refractivity contribution in [1.82, 2.24) is 0 Å². The van der Waals surface area contributed by atoms with Crippen LogP contribution in [0.15, 0.2) is 11.0 Å². The Morgan fingerprint density at radius 2 is 1.36 bits per heavy atom. The molecular weight excluding hydrogens is 294 g/mol. The molecule has 1 aromatic rings. The average Bonchev–Trinajstić information content (AvgIpc) is 1.98. The van der Waals surface area contributed by atoms with E-state index in [4.69, 9.17) is 46.4 Å². The van der Waals surface area contributed by atoms with Crippen LogP contribution >= 0.6 is 46.4 Å². The monoisotopic (exact) mass is 293 g/mol. The van der Waals surface area contributed by atoms with E-state index < -0.39 is 25.1 Å². The zero-order valence-electron chi connectivity index (χ0n) is 6.22. The smallest absolute Gasteiger partial charge is 0.127 e. The van der Waals surface area contributed by atoms with Crippen LogP contribution in [-0.4, -0.2) is 13.0 Å². The van der Waals surface area contributed by atoms with E-state index >= 15 is 0 Å². The third kappa shape index (κ3) is 2.27. The van der Waals surface area contributed by atoms with Crippen LogP contribution in [0.5, 0.6) is 0 Å². The summed E-state index contributed by atoms with van der Waals surface area (Å²) in [5, 5.41) is -1.13. The Morgan fingerprint density at radius 1 is 1.00 bits per heavy atom. The fourth-order valence-corrected chi connectivity index (χ4v) is 2.92. The van der Waals surface area contributed by atoms with Gasteiger partial charge in [0.15, 0.2) is 0 Å². The van der Waals surface area contributed by atoms with Crippen LogP contribution in [0.2, 0.25) is 20.1 Å². The number of hydrogen-bond donors (Lipinski definition) is 0. The molecule has 0 unspecified atom stereocenters. The van der Waals surface area contributed by atoms with E-state index in [9.17, 15) is 13.0 Å². The second-order valence-corrected chi connectivity index (χ2v) is 5.14. The number of hydrogen-bond acceptors (Lipinski definition) is 3. The van der Waals surface area contributed by atoms with E-state index in [1.165, 1.54) is 0 Å². The van der Waals surface area contributed by atoms with Crippen molar-refractivity contribution in [2.24, 2.45) is 0 Å². The maximum atomic E-state index is 10.7. The molecule has 0 amide bonds. The van der Waals surface area contributed by atoms with Crippen molar-refractivity contribution in [1.29, 1.82) is 0 Å². The Balaban J connectivity index is 3.74. The summed E-state index contributed by atoms with van der Waals surface area (Å²) in [6.07, 6.45) is 0. The highest BCUT2D eigenvalue weighted by molar-refractivity contribution is 7.86. The van der Waals surface area contributed by atoms with E-state index in [1.54, 1.807) is 0 Å². The molecule has 0 saturated carbocycles. The Morgan fingerprint density at radius 3 is 1.64 bits per heavy atom. The predicted octanol–water partition coefficient (Wildman–Crippen LogP) is 3.20. The van der Waals surface area contributed by atoms with Crippen molar-refractivity contribution in [3.63, 3.8) is 0 Å². The Labute approximate surface area is 100 Å². The molecule has 0 fully saturated rings. The summed E-state index contributed by atoms with van der Waals surface area (Å²) in [5.74, 6) is 0. The van der Waals surface area contributed by atoms with Gasteiger partial charge in [0.05, 0.1) is 25.0 Å². The third-order valence-corrected chi connectivity index (χ3v) is 4.03. The van der Waals surface area contributed by atoms with Crippen LogP contribution in [0.25, 0.3) is 0 Å². The average molecular weight is 295 g/mol. The van der Waals surface area contributed by atoms with Crippen molar-refractivity contribution in [3.05, 3.63) is 26.2 Å². The van der Waals surface area contributed by atoms with E-state index in [0.717, 1.165) is 6.07 Å². The van der Waals surface area contributed by atoms with Crippen LogP contribution < -0.4 is 0 Å². The molecule has 0 spiro atoms. The molecule has 8 heteroatoms. The lowest BCUT2D eigenvalue weighted by atomic mass is 10.3. The van der Waals surface area contributed by atoms with Gasteiger partial charge in [-0.25, -0.2) is 8.42 Å². The molecule has 14 heavy (non-hydrogen) atoms. The molecular formula is C6HCl4O3S-. The Bertz CT molecular complexity index is 456. The van der Waals surface area contributed by atoms with Gasteiger partial charge in [-0.05, 0) is 6.07 Å². The maximum Gasteiger partial charge on any atom is 0.127 e. The van der Waals surface area contributed by atoms with E-state index in [0.29, 0.717) is 0 Å². The van der Waals surface area contributed by atoms with E-state index in [1.807, 2.05) is 0 Å². The summed E-state index contributed by atoms with van der Waals surface area (Å²) in [6, 6.07) is 1.16. The zero-order chi connectivity index (χ0) is 11.1. The van der Waals surface area contributed by atoms with Crippen LogP contribution in [-0.2, 0) is 10.1 Å². The van der Waals surface area contributed by atoms with Gasteiger partial charge in [-0.2, -0.15) is 0 Å². The van der Waals surface area contributed by atoms with Crippen LogP contribution in [0.1, 0.15) is 0 Å². The van der Waals surface area contributed by atoms with Gasteiger partial charge in [-0.1, -0.05) is 46.4 Å². The molecule has 0 radical (unpaired) electrons. The fourth-order valence-electron chi connectivity index (χ4n) is 0.771. The molecule has 0 aromatic heterocycles. The quantitative estimate of drug-likeness (QED) is 0.590. The molecule has 3 nitrogen and oxygen atoms in total. The lowest BCUT2D eigenvalue weighted by Gasteiger charge is -2.13. The van der Waals surface area contributed by atoms with Crippen molar-refractivity contribution >= 4 is 56.5 Å². The van der Waals surface area contributed by atoms with Gasteiger partial charge < -0.3 is 4.55 Å². The lowest BCUT2D eigenvalue weighted by Crippen LogP contribution is -2.01. The van der Waals surface area contributed by atoms with Gasteiger partial charge in [0.1, 0.15) is 10.1 Å². The first-order valence-corrected chi connectivity index (χ1v) is 5.96. The molecule has 78 valence electrons. The Kier molecular flexibility index (Phi) is 3.57. The van der Waals surface area contributed by atoms with Crippen molar-refractivity contribution in [2.45, 2.75) is 4.90 Å². The first-order chi connectivity index (χ1) is 6.25.